The number of carbonyl (C=O) groups excluding carboxylic acids is 1. The summed E-state index contributed by atoms with van der Waals surface area (Å²) in [4.78, 5) is 11.7. The molecule has 2 unspecified atom stereocenters. The van der Waals surface area contributed by atoms with E-state index in [4.69, 9.17) is 15.6 Å². The molecule has 108 valence electrons. The summed E-state index contributed by atoms with van der Waals surface area (Å²) in [5.74, 6) is 0.236. The van der Waals surface area contributed by atoms with Crippen LogP contribution in [0.4, 0.5) is 0 Å². The molecule has 0 aliphatic carbocycles. The number of aliphatic hydroxyl groups is 1. The van der Waals surface area contributed by atoms with Crippen LogP contribution in [-0.4, -0.2) is 43.9 Å². The van der Waals surface area contributed by atoms with Crippen molar-refractivity contribution in [3.05, 3.63) is 0 Å². The zero-order chi connectivity index (χ0) is 13.8. The Labute approximate surface area is 110 Å². The fourth-order valence-electron chi connectivity index (χ4n) is 1.89. The third-order valence-electron chi connectivity index (χ3n) is 3.00. The van der Waals surface area contributed by atoms with Gasteiger partial charge < -0.3 is 20.9 Å². The van der Waals surface area contributed by atoms with Crippen LogP contribution in [0.3, 0.4) is 0 Å². The summed E-state index contributed by atoms with van der Waals surface area (Å²) in [7, 11) is 1.63. The van der Waals surface area contributed by atoms with E-state index in [0.717, 1.165) is 25.7 Å². The summed E-state index contributed by atoms with van der Waals surface area (Å²) in [6.07, 6.45) is 4.23. The number of hydrogen-bond acceptors (Lipinski definition) is 4. The molecule has 0 aliphatic rings. The standard InChI is InChI=1S/C13H28N2O3/c1-3-5-11(7-8-16)10-15-13(17)12(14)6-4-9-18-2/h11-12,16H,3-10,14H2,1-2H3,(H,15,17). The van der Waals surface area contributed by atoms with Gasteiger partial charge in [-0.25, -0.2) is 0 Å². The number of rotatable bonds is 11. The Morgan fingerprint density at radius 1 is 1.39 bits per heavy atom. The minimum atomic E-state index is -0.462. The number of amides is 1. The minimum Gasteiger partial charge on any atom is -0.396 e. The first-order valence-electron chi connectivity index (χ1n) is 6.78. The van der Waals surface area contributed by atoms with Crippen LogP contribution in [0.25, 0.3) is 0 Å². The zero-order valence-corrected chi connectivity index (χ0v) is 11.7. The van der Waals surface area contributed by atoms with E-state index in [-0.39, 0.29) is 12.5 Å². The van der Waals surface area contributed by atoms with Crippen LogP contribution in [0.15, 0.2) is 0 Å². The van der Waals surface area contributed by atoms with Gasteiger partial charge in [-0.05, 0) is 31.6 Å². The normalized spacial score (nSPS) is 14.2. The van der Waals surface area contributed by atoms with Crippen molar-refractivity contribution in [1.82, 2.24) is 5.32 Å². The van der Waals surface area contributed by atoms with E-state index in [9.17, 15) is 4.79 Å². The molecule has 2 atom stereocenters. The molecular formula is C13H28N2O3. The molecule has 0 aromatic rings. The lowest BCUT2D eigenvalue weighted by Crippen LogP contribution is -2.42. The third kappa shape index (κ3) is 8.44. The number of nitrogens with two attached hydrogens (primary N) is 1. The molecule has 0 aromatic carbocycles. The molecule has 5 nitrogen and oxygen atoms in total. The molecule has 0 saturated heterocycles. The number of nitrogens with one attached hydrogen (secondary N) is 1. The van der Waals surface area contributed by atoms with Crippen molar-refractivity contribution in [2.75, 3.05) is 26.9 Å². The number of hydrogen-bond donors (Lipinski definition) is 3. The lowest BCUT2D eigenvalue weighted by molar-refractivity contribution is -0.122. The molecule has 0 rings (SSSR count). The van der Waals surface area contributed by atoms with E-state index in [2.05, 4.69) is 12.2 Å². The fourth-order valence-corrected chi connectivity index (χ4v) is 1.89. The SMILES string of the molecule is CCCC(CCO)CNC(=O)C(N)CCCOC. The highest BCUT2D eigenvalue weighted by Gasteiger charge is 2.14. The zero-order valence-electron chi connectivity index (χ0n) is 11.7. The average molecular weight is 260 g/mol. The Morgan fingerprint density at radius 2 is 2.11 bits per heavy atom. The first-order chi connectivity index (χ1) is 8.65. The maximum atomic E-state index is 11.7. The largest absolute Gasteiger partial charge is 0.396 e. The smallest absolute Gasteiger partial charge is 0.236 e. The molecule has 0 radical (unpaired) electrons. The second kappa shape index (κ2) is 11.4. The lowest BCUT2D eigenvalue weighted by atomic mass is 10.00. The van der Waals surface area contributed by atoms with E-state index in [1.54, 1.807) is 7.11 Å². The van der Waals surface area contributed by atoms with Crippen molar-refractivity contribution < 1.29 is 14.6 Å². The van der Waals surface area contributed by atoms with Crippen molar-refractivity contribution in [2.45, 2.75) is 45.1 Å². The van der Waals surface area contributed by atoms with E-state index >= 15 is 0 Å². The van der Waals surface area contributed by atoms with Crippen molar-refractivity contribution in [3.63, 3.8) is 0 Å². The van der Waals surface area contributed by atoms with Crippen molar-refractivity contribution in [3.8, 4) is 0 Å². The lowest BCUT2D eigenvalue weighted by Gasteiger charge is -2.17. The van der Waals surface area contributed by atoms with E-state index in [1.165, 1.54) is 0 Å². The molecule has 1 amide bonds. The van der Waals surface area contributed by atoms with E-state index < -0.39 is 6.04 Å². The predicted octanol–water partition coefficient (Wildman–Crippen LogP) is 0.655. The summed E-state index contributed by atoms with van der Waals surface area (Å²) in [6.45, 7) is 3.50. The molecule has 0 bridgehead atoms. The Morgan fingerprint density at radius 3 is 2.67 bits per heavy atom. The molecule has 0 fully saturated rings. The summed E-state index contributed by atoms with van der Waals surface area (Å²) in [5, 5.41) is 11.8. The average Bonchev–Trinajstić information content (AvgIpc) is 2.36. The highest BCUT2D eigenvalue weighted by atomic mass is 16.5. The Hall–Kier alpha value is -0.650. The summed E-state index contributed by atoms with van der Waals surface area (Å²) < 4.78 is 4.92. The summed E-state index contributed by atoms with van der Waals surface area (Å²) >= 11 is 0. The number of aliphatic hydroxyl groups excluding tert-OH is 1. The van der Waals surface area contributed by atoms with Crippen LogP contribution in [-0.2, 0) is 9.53 Å². The minimum absolute atomic E-state index is 0.106. The van der Waals surface area contributed by atoms with Crippen molar-refractivity contribution in [2.24, 2.45) is 11.7 Å². The molecule has 5 heteroatoms. The van der Waals surface area contributed by atoms with Gasteiger partial charge >= 0.3 is 0 Å². The van der Waals surface area contributed by atoms with Gasteiger partial charge in [-0.3, -0.25) is 4.79 Å². The van der Waals surface area contributed by atoms with Gasteiger partial charge in [-0.1, -0.05) is 13.3 Å². The van der Waals surface area contributed by atoms with Gasteiger partial charge in [0, 0.05) is 26.9 Å². The van der Waals surface area contributed by atoms with Gasteiger partial charge in [0.1, 0.15) is 0 Å². The first kappa shape index (κ1) is 17.4. The Kier molecular flexibility index (Phi) is 11.0. The second-order valence-electron chi connectivity index (χ2n) is 4.65. The van der Waals surface area contributed by atoms with Gasteiger partial charge in [0.2, 0.25) is 5.91 Å². The van der Waals surface area contributed by atoms with E-state index in [1.807, 2.05) is 0 Å². The molecule has 0 saturated carbocycles. The topological polar surface area (TPSA) is 84.6 Å². The molecule has 0 aliphatic heterocycles. The maximum absolute atomic E-state index is 11.7. The number of ether oxygens (including phenoxy) is 1. The molecule has 0 aromatic heterocycles. The predicted molar refractivity (Wildman–Crippen MR) is 72.2 cm³/mol. The second-order valence-corrected chi connectivity index (χ2v) is 4.65. The molecular weight excluding hydrogens is 232 g/mol. The quantitative estimate of drug-likeness (QED) is 0.476. The molecule has 0 spiro atoms. The fraction of sp³-hybridized carbons (Fsp3) is 0.923. The van der Waals surface area contributed by atoms with Crippen LogP contribution in [0.1, 0.15) is 39.0 Å². The first-order valence-corrected chi connectivity index (χ1v) is 6.78. The summed E-state index contributed by atoms with van der Waals surface area (Å²) in [6, 6.07) is -0.462. The highest BCUT2D eigenvalue weighted by Crippen LogP contribution is 2.09. The number of carbonyl (C=O) groups is 1. The van der Waals surface area contributed by atoms with Gasteiger partial charge in [-0.15, -0.1) is 0 Å². The van der Waals surface area contributed by atoms with Gasteiger partial charge in [0.05, 0.1) is 6.04 Å². The van der Waals surface area contributed by atoms with E-state index in [0.29, 0.717) is 25.5 Å². The third-order valence-corrected chi connectivity index (χ3v) is 3.00. The molecule has 4 N–H and O–H groups in total. The summed E-state index contributed by atoms with van der Waals surface area (Å²) in [5.41, 5.74) is 5.78. The monoisotopic (exact) mass is 260 g/mol. The van der Waals surface area contributed by atoms with Gasteiger partial charge in [0.25, 0.3) is 0 Å². The van der Waals surface area contributed by atoms with Crippen LogP contribution in [0, 0.1) is 5.92 Å². The Balaban J connectivity index is 3.83. The molecule has 0 heterocycles. The molecule has 18 heavy (non-hydrogen) atoms. The van der Waals surface area contributed by atoms with Crippen LogP contribution in [0.2, 0.25) is 0 Å². The van der Waals surface area contributed by atoms with Crippen molar-refractivity contribution >= 4 is 5.91 Å². The number of methoxy groups -OCH3 is 1. The van der Waals surface area contributed by atoms with Crippen LogP contribution < -0.4 is 11.1 Å². The maximum Gasteiger partial charge on any atom is 0.236 e. The van der Waals surface area contributed by atoms with Gasteiger partial charge in [0.15, 0.2) is 0 Å². The highest BCUT2D eigenvalue weighted by molar-refractivity contribution is 5.81. The van der Waals surface area contributed by atoms with Crippen LogP contribution >= 0.6 is 0 Å². The Bertz CT molecular complexity index is 206. The van der Waals surface area contributed by atoms with Crippen molar-refractivity contribution in [1.29, 1.82) is 0 Å². The van der Waals surface area contributed by atoms with Crippen LogP contribution in [0.5, 0.6) is 0 Å². The van der Waals surface area contributed by atoms with Gasteiger partial charge in [-0.2, -0.15) is 0 Å².